The molecule has 6 nitrogen and oxygen atoms in total. The van der Waals surface area contributed by atoms with Crippen LogP contribution < -0.4 is 9.47 Å². The van der Waals surface area contributed by atoms with Crippen molar-refractivity contribution in [2.75, 3.05) is 27.3 Å². The quantitative estimate of drug-likeness (QED) is 0.507. The summed E-state index contributed by atoms with van der Waals surface area (Å²) in [6, 6.07) is 7.11. The summed E-state index contributed by atoms with van der Waals surface area (Å²) in [6.07, 6.45) is 1.42. The molecule has 2 aromatic rings. The number of methoxy groups -OCH3 is 2. The summed E-state index contributed by atoms with van der Waals surface area (Å²) in [7, 11) is -0.295. The molecule has 9 heteroatoms. The number of pyridine rings is 1. The van der Waals surface area contributed by atoms with Gasteiger partial charge in [-0.1, -0.05) is 29.8 Å². The predicted molar refractivity (Wildman–Crippen MR) is 111 cm³/mol. The van der Waals surface area contributed by atoms with E-state index in [0.717, 1.165) is 15.1 Å². The third-order valence-corrected chi connectivity index (χ3v) is 7.74. The summed E-state index contributed by atoms with van der Waals surface area (Å²) in [4.78, 5) is 4.51. The summed E-state index contributed by atoms with van der Waals surface area (Å²) < 4.78 is 38.0. The second-order valence-corrected chi connectivity index (χ2v) is 9.30. The molecular weight excluding hydrogens is 452 g/mol. The van der Waals surface area contributed by atoms with E-state index < -0.39 is 10.0 Å². The van der Waals surface area contributed by atoms with Crippen molar-refractivity contribution in [3.05, 3.63) is 40.5 Å². The van der Waals surface area contributed by atoms with E-state index in [9.17, 15) is 8.42 Å². The van der Waals surface area contributed by atoms with E-state index in [1.807, 2.05) is 26.0 Å². The Morgan fingerprint density at radius 2 is 1.74 bits per heavy atom. The Morgan fingerprint density at radius 3 is 2.26 bits per heavy atom. The van der Waals surface area contributed by atoms with Crippen LogP contribution in [0.2, 0.25) is 0 Å². The Hall–Kier alpha value is -1.29. The van der Waals surface area contributed by atoms with E-state index in [0.29, 0.717) is 30.3 Å². The van der Waals surface area contributed by atoms with Gasteiger partial charge in [0.15, 0.2) is 11.5 Å². The summed E-state index contributed by atoms with van der Waals surface area (Å²) in [5, 5.41) is 0.746. The number of hydrogen-bond acceptors (Lipinski definition) is 6. The molecule has 0 saturated carbocycles. The predicted octanol–water partition coefficient (Wildman–Crippen LogP) is 4.18. The van der Waals surface area contributed by atoms with Gasteiger partial charge in [0.1, 0.15) is 4.90 Å². The van der Waals surface area contributed by atoms with Crippen molar-refractivity contribution in [2.45, 2.75) is 29.5 Å². The van der Waals surface area contributed by atoms with Crippen LogP contribution in [-0.4, -0.2) is 45.0 Å². The monoisotopic (exact) mass is 474 g/mol. The molecule has 0 amide bonds. The molecule has 1 aromatic carbocycles. The van der Waals surface area contributed by atoms with E-state index in [1.54, 1.807) is 26.4 Å². The van der Waals surface area contributed by atoms with Crippen molar-refractivity contribution < 1.29 is 17.9 Å². The van der Waals surface area contributed by atoms with Gasteiger partial charge in [0, 0.05) is 29.5 Å². The first-order chi connectivity index (χ1) is 12.9. The SMILES string of the molecule is CCN(CC)S(=O)(=O)c1ccc(SCc2cc(OC)c(OC)cc2Br)nc1. The Labute approximate surface area is 173 Å². The third kappa shape index (κ3) is 5.16. The Morgan fingerprint density at radius 1 is 1.11 bits per heavy atom. The second kappa shape index (κ2) is 9.77. The average Bonchev–Trinajstić information content (AvgIpc) is 2.67. The first kappa shape index (κ1) is 22.0. The molecule has 0 aliphatic heterocycles. The zero-order valence-corrected chi connectivity index (χ0v) is 18.9. The topological polar surface area (TPSA) is 68.7 Å². The number of thioether (sulfide) groups is 1. The van der Waals surface area contributed by atoms with Crippen LogP contribution in [0.3, 0.4) is 0 Å². The molecule has 0 aliphatic rings. The van der Waals surface area contributed by atoms with Gasteiger partial charge in [-0.25, -0.2) is 13.4 Å². The van der Waals surface area contributed by atoms with Crippen molar-refractivity contribution >= 4 is 37.7 Å². The number of hydrogen-bond donors (Lipinski definition) is 0. The molecule has 0 saturated heterocycles. The molecule has 0 fully saturated rings. The molecule has 0 unspecified atom stereocenters. The largest absolute Gasteiger partial charge is 0.493 e. The fourth-order valence-electron chi connectivity index (χ4n) is 2.48. The van der Waals surface area contributed by atoms with Crippen LogP contribution >= 0.6 is 27.7 Å². The molecule has 0 bridgehead atoms. The maximum absolute atomic E-state index is 12.5. The third-order valence-electron chi connectivity index (χ3n) is 3.98. The number of rotatable bonds is 9. The molecule has 0 radical (unpaired) electrons. The maximum Gasteiger partial charge on any atom is 0.244 e. The first-order valence-electron chi connectivity index (χ1n) is 8.36. The van der Waals surface area contributed by atoms with E-state index in [-0.39, 0.29) is 4.90 Å². The number of sulfonamides is 1. The number of benzene rings is 1. The molecule has 0 aliphatic carbocycles. The van der Waals surface area contributed by atoms with Gasteiger partial charge in [0.25, 0.3) is 0 Å². The summed E-state index contributed by atoms with van der Waals surface area (Å²) in [5.74, 6) is 1.96. The highest BCUT2D eigenvalue weighted by Gasteiger charge is 2.21. The van der Waals surface area contributed by atoms with Gasteiger partial charge in [-0.2, -0.15) is 4.31 Å². The van der Waals surface area contributed by atoms with Crippen molar-refractivity contribution in [3.63, 3.8) is 0 Å². The first-order valence-corrected chi connectivity index (χ1v) is 11.6. The summed E-state index contributed by atoms with van der Waals surface area (Å²) in [6.45, 7) is 4.50. The van der Waals surface area contributed by atoms with Gasteiger partial charge < -0.3 is 9.47 Å². The molecular formula is C18H23BrN2O4S2. The van der Waals surface area contributed by atoms with Crippen LogP contribution in [0, 0.1) is 0 Å². The zero-order valence-electron chi connectivity index (χ0n) is 15.7. The molecule has 27 heavy (non-hydrogen) atoms. The number of halogens is 1. The zero-order chi connectivity index (χ0) is 20.0. The van der Waals surface area contributed by atoms with Crippen molar-refractivity contribution in [1.29, 1.82) is 0 Å². The van der Waals surface area contributed by atoms with Gasteiger partial charge in [-0.05, 0) is 29.8 Å². The van der Waals surface area contributed by atoms with Crippen molar-refractivity contribution in [2.24, 2.45) is 0 Å². The molecule has 0 spiro atoms. The van der Waals surface area contributed by atoms with Gasteiger partial charge in [0.2, 0.25) is 10.0 Å². The lowest BCUT2D eigenvalue weighted by Crippen LogP contribution is -2.30. The van der Waals surface area contributed by atoms with Crippen LogP contribution in [0.15, 0.2) is 44.9 Å². The number of ether oxygens (including phenoxy) is 2. The number of aromatic nitrogens is 1. The molecule has 0 atom stereocenters. The Balaban J connectivity index is 2.14. The van der Waals surface area contributed by atoms with Crippen LogP contribution in [-0.2, 0) is 15.8 Å². The van der Waals surface area contributed by atoms with Crippen LogP contribution in [0.5, 0.6) is 11.5 Å². The Bertz CT molecular complexity index is 870. The molecule has 1 aromatic heterocycles. The minimum atomic E-state index is -3.48. The van der Waals surface area contributed by atoms with Crippen LogP contribution in [0.25, 0.3) is 0 Å². The summed E-state index contributed by atoms with van der Waals surface area (Å²) in [5.41, 5.74) is 1.03. The summed E-state index contributed by atoms with van der Waals surface area (Å²) >= 11 is 5.05. The Kier molecular flexibility index (Phi) is 7.96. The smallest absolute Gasteiger partial charge is 0.244 e. The van der Waals surface area contributed by atoms with Gasteiger partial charge in [0.05, 0.1) is 19.2 Å². The molecule has 1 heterocycles. The van der Waals surface area contributed by atoms with E-state index in [1.165, 1.54) is 22.3 Å². The molecule has 148 valence electrons. The second-order valence-electron chi connectivity index (χ2n) is 5.51. The highest BCUT2D eigenvalue weighted by Crippen LogP contribution is 2.36. The highest BCUT2D eigenvalue weighted by molar-refractivity contribution is 9.10. The van der Waals surface area contributed by atoms with Gasteiger partial charge >= 0.3 is 0 Å². The minimum Gasteiger partial charge on any atom is -0.493 e. The van der Waals surface area contributed by atoms with E-state index >= 15 is 0 Å². The molecule has 0 N–H and O–H groups in total. The lowest BCUT2D eigenvalue weighted by molar-refractivity contribution is 0.354. The number of nitrogens with zero attached hydrogens (tertiary/aromatic N) is 2. The molecule has 2 rings (SSSR count). The minimum absolute atomic E-state index is 0.211. The van der Waals surface area contributed by atoms with Crippen LogP contribution in [0.4, 0.5) is 0 Å². The van der Waals surface area contributed by atoms with E-state index in [2.05, 4.69) is 20.9 Å². The fourth-order valence-corrected chi connectivity index (χ4v) is 5.36. The average molecular weight is 475 g/mol. The highest BCUT2D eigenvalue weighted by atomic mass is 79.9. The van der Waals surface area contributed by atoms with Gasteiger partial charge in [-0.3, -0.25) is 0 Å². The maximum atomic E-state index is 12.5. The fraction of sp³-hybridized carbons (Fsp3) is 0.389. The lowest BCUT2D eigenvalue weighted by atomic mass is 10.2. The lowest BCUT2D eigenvalue weighted by Gasteiger charge is -2.18. The van der Waals surface area contributed by atoms with Crippen LogP contribution in [0.1, 0.15) is 19.4 Å². The van der Waals surface area contributed by atoms with Gasteiger partial charge in [-0.15, -0.1) is 11.8 Å². The normalized spacial score (nSPS) is 11.6. The standard InChI is InChI=1S/C18H23BrN2O4S2/c1-5-21(6-2)27(22,23)14-7-8-18(20-11-14)26-12-13-9-16(24-3)17(25-4)10-15(13)19/h7-11H,5-6,12H2,1-4H3. The van der Waals surface area contributed by atoms with E-state index in [4.69, 9.17) is 9.47 Å². The van der Waals surface area contributed by atoms with Crippen molar-refractivity contribution in [1.82, 2.24) is 9.29 Å². The van der Waals surface area contributed by atoms with Crippen molar-refractivity contribution in [3.8, 4) is 11.5 Å².